The van der Waals surface area contributed by atoms with Crippen LogP contribution in [0.1, 0.15) is 34.7 Å². The van der Waals surface area contributed by atoms with Gasteiger partial charge in [0.2, 0.25) is 5.91 Å². The third-order valence-corrected chi connectivity index (χ3v) is 7.01. The summed E-state index contributed by atoms with van der Waals surface area (Å²) in [5.74, 6) is 0.0124. The Hall–Kier alpha value is -4.21. The van der Waals surface area contributed by atoms with E-state index in [0.717, 1.165) is 34.0 Å². The molecule has 0 aliphatic carbocycles. The van der Waals surface area contributed by atoms with Crippen molar-refractivity contribution in [2.75, 3.05) is 23.9 Å². The molecular formula is C29H29N5O3S. The molecule has 1 amide bonds. The number of ether oxygens (including phenoxy) is 1. The molecule has 0 spiro atoms. The van der Waals surface area contributed by atoms with E-state index in [0.29, 0.717) is 10.8 Å². The first-order chi connectivity index (χ1) is 18.4. The number of hydrogen-bond donors (Lipinski definition) is 3. The van der Waals surface area contributed by atoms with Crippen LogP contribution in [-0.4, -0.2) is 39.4 Å². The van der Waals surface area contributed by atoms with Gasteiger partial charge >= 0.3 is 0 Å². The molecule has 194 valence electrons. The first kappa shape index (κ1) is 25.4. The van der Waals surface area contributed by atoms with Crippen molar-refractivity contribution < 1.29 is 14.6 Å². The van der Waals surface area contributed by atoms with Crippen LogP contribution in [0.3, 0.4) is 0 Å². The number of aromatic hydroxyl groups is 1. The number of carbonyl (C=O) groups excluding carboxylic acids is 1. The Labute approximate surface area is 226 Å². The smallest absolute Gasteiger partial charge is 0.250 e. The number of thiocarbonyl (C=S) groups is 1. The van der Waals surface area contributed by atoms with E-state index in [1.54, 1.807) is 18.3 Å². The Morgan fingerprint density at radius 1 is 1.08 bits per heavy atom. The molecule has 38 heavy (non-hydrogen) atoms. The van der Waals surface area contributed by atoms with Gasteiger partial charge in [0.15, 0.2) is 5.11 Å². The summed E-state index contributed by atoms with van der Waals surface area (Å²) in [5, 5.41) is 16.7. The summed E-state index contributed by atoms with van der Waals surface area (Å²) in [7, 11) is 1.49. The van der Waals surface area contributed by atoms with Gasteiger partial charge in [-0.2, -0.15) is 0 Å². The Morgan fingerprint density at radius 2 is 1.79 bits per heavy atom. The van der Waals surface area contributed by atoms with Crippen molar-refractivity contribution in [3.63, 3.8) is 0 Å². The molecule has 0 bridgehead atoms. The Balaban J connectivity index is 1.57. The molecule has 3 N–H and O–H groups in total. The molecule has 0 saturated carbocycles. The molecule has 2 aromatic heterocycles. The largest absolute Gasteiger partial charge is 0.508 e. The third kappa shape index (κ3) is 4.85. The van der Waals surface area contributed by atoms with Gasteiger partial charge in [0.05, 0.1) is 17.8 Å². The number of methoxy groups -OCH3 is 1. The summed E-state index contributed by atoms with van der Waals surface area (Å²) >= 11 is 5.87. The van der Waals surface area contributed by atoms with Crippen LogP contribution in [0.25, 0.3) is 5.69 Å². The maximum atomic E-state index is 11.9. The first-order valence-electron chi connectivity index (χ1n) is 12.2. The fourth-order valence-corrected chi connectivity index (χ4v) is 5.41. The van der Waals surface area contributed by atoms with Crippen molar-refractivity contribution in [3.8, 4) is 11.4 Å². The Bertz CT molecular complexity index is 1450. The highest BCUT2D eigenvalue weighted by Gasteiger charge is 2.42. The molecule has 8 nitrogen and oxygen atoms in total. The second kappa shape index (κ2) is 10.6. The van der Waals surface area contributed by atoms with Gasteiger partial charge in [0.1, 0.15) is 12.4 Å². The van der Waals surface area contributed by atoms with E-state index in [1.807, 2.05) is 54.6 Å². The number of nitrogens with one attached hydrogen (secondary N) is 2. The molecule has 1 fully saturated rings. The lowest BCUT2D eigenvalue weighted by Gasteiger charge is -2.28. The number of nitrogens with zero attached hydrogens (tertiary/aromatic N) is 3. The summed E-state index contributed by atoms with van der Waals surface area (Å²) in [6, 6.07) is 22.5. The molecule has 5 rings (SSSR count). The molecule has 3 heterocycles. The number of pyridine rings is 1. The number of aryl methyl sites for hydroxylation is 1. The summed E-state index contributed by atoms with van der Waals surface area (Å²) in [4.78, 5) is 18.7. The van der Waals surface area contributed by atoms with E-state index in [9.17, 15) is 9.90 Å². The highest BCUT2D eigenvalue weighted by Crippen LogP contribution is 2.44. The number of rotatable bonds is 7. The van der Waals surface area contributed by atoms with Gasteiger partial charge in [-0.05, 0) is 98.4 Å². The fraction of sp³-hybridized carbons (Fsp3) is 0.207. The van der Waals surface area contributed by atoms with E-state index in [1.165, 1.54) is 7.11 Å². The summed E-state index contributed by atoms with van der Waals surface area (Å²) in [6.07, 6.45) is 1.79. The van der Waals surface area contributed by atoms with Crippen LogP contribution in [0.4, 0.5) is 11.4 Å². The van der Waals surface area contributed by atoms with Crippen molar-refractivity contribution in [1.82, 2.24) is 14.9 Å². The number of phenols is 1. The van der Waals surface area contributed by atoms with Crippen molar-refractivity contribution in [3.05, 3.63) is 102 Å². The number of aromatic nitrogens is 2. The molecule has 4 aromatic rings. The van der Waals surface area contributed by atoms with Gasteiger partial charge in [0, 0.05) is 41.8 Å². The predicted molar refractivity (Wildman–Crippen MR) is 152 cm³/mol. The topological polar surface area (TPSA) is 91.7 Å². The SMILES string of the molecule is COCC(=O)Nc1ccc(N2C(=S)N[C@@H](c3ccccn3)[C@H]2c2cc(C)n(-c3ccc(O)cc3)c2C)cc1. The molecule has 2 atom stereocenters. The van der Waals surface area contributed by atoms with Gasteiger partial charge in [-0.1, -0.05) is 6.07 Å². The van der Waals surface area contributed by atoms with Crippen LogP contribution in [0.2, 0.25) is 0 Å². The van der Waals surface area contributed by atoms with E-state index in [4.69, 9.17) is 17.0 Å². The molecule has 0 unspecified atom stereocenters. The van der Waals surface area contributed by atoms with Crippen LogP contribution >= 0.6 is 12.2 Å². The number of anilines is 2. The maximum Gasteiger partial charge on any atom is 0.250 e. The zero-order chi connectivity index (χ0) is 26.8. The van der Waals surface area contributed by atoms with E-state index >= 15 is 0 Å². The van der Waals surface area contributed by atoms with Gasteiger partial charge in [0.25, 0.3) is 0 Å². The lowest BCUT2D eigenvalue weighted by Crippen LogP contribution is -2.29. The van der Waals surface area contributed by atoms with Crippen LogP contribution in [0.5, 0.6) is 5.75 Å². The standard InChI is InChI=1S/C29H29N5O3S/c1-18-16-24(19(2)33(18)21-11-13-23(35)14-12-21)28-27(25-6-4-5-15-30-25)32-29(38)34(28)22-9-7-20(8-10-22)31-26(36)17-37-3/h4-16,27-28,35H,17H2,1-3H3,(H,31,36)(H,32,38)/t27-,28+/m0/s1. The van der Waals surface area contributed by atoms with Gasteiger partial charge in [-0.15, -0.1) is 0 Å². The van der Waals surface area contributed by atoms with Crippen molar-refractivity contribution >= 4 is 34.6 Å². The summed E-state index contributed by atoms with van der Waals surface area (Å²) in [5.41, 5.74) is 6.67. The molecule has 0 radical (unpaired) electrons. The van der Waals surface area contributed by atoms with E-state index in [2.05, 4.69) is 45.0 Å². The number of phenolic OH excluding ortho intramolecular Hbond substituents is 1. The van der Waals surface area contributed by atoms with Gasteiger partial charge in [-0.25, -0.2) is 0 Å². The lowest BCUT2D eigenvalue weighted by molar-refractivity contribution is -0.119. The minimum absolute atomic E-state index is 0.00758. The molecule has 1 aliphatic heterocycles. The average Bonchev–Trinajstić information content (AvgIpc) is 3.41. The number of benzene rings is 2. The third-order valence-electron chi connectivity index (χ3n) is 6.70. The minimum atomic E-state index is -0.214. The van der Waals surface area contributed by atoms with Crippen LogP contribution in [0.15, 0.2) is 79.0 Å². The van der Waals surface area contributed by atoms with Crippen LogP contribution in [0, 0.1) is 13.8 Å². The van der Waals surface area contributed by atoms with E-state index in [-0.39, 0.29) is 30.3 Å². The molecule has 2 aromatic carbocycles. The Kier molecular flexibility index (Phi) is 7.13. The zero-order valence-electron chi connectivity index (χ0n) is 21.4. The molecule has 1 saturated heterocycles. The monoisotopic (exact) mass is 527 g/mol. The maximum absolute atomic E-state index is 11.9. The lowest BCUT2D eigenvalue weighted by atomic mass is 9.96. The fourth-order valence-electron chi connectivity index (χ4n) is 5.07. The predicted octanol–water partition coefficient (Wildman–Crippen LogP) is 4.96. The average molecular weight is 528 g/mol. The molecule has 1 aliphatic rings. The van der Waals surface area contributed by atoms with Crippen LogP contribution < -0.4 is 15.5 Å². The minimum Gasteiger partial charge on any atom is -0.508 e. The van der Waals surface area contributed by atoms with E-state index < -0.39 is 0 Å². The van der Waals surface area contributed by atoms with Gasteiger partial charge < -0.3 is 29.9 Å². The highest BCUT2D eigenvalue weighted by molar-refractivity contribution is 7.80. The van der Waals surface area contributed by atoms with Crippen molar-refractivity contribution in [2.45, 2.75) is 25.9 Å². The van der Waals surface area contributed by atoms with Gasteiger partial charge in [-0.3, -0.25) is 9.78 Å². The zero-order valence-corrected chi connectivity index (χ0v) is 22.2. The molecule has 9 heteroatoms. The molecular weight excluding hydrogens is 498 g/mol. The number of amides is 1. The Morgan fingerprint density at radius 3 is 2.45 bits per heavy atom. The quantitative estimate of drug-likeness (QED) is 0.293. The van der Waals surface area contributed by atoms with Crippen molar-refractivity contribution in [2.24, 2.45) is 0 Å². The van der Waals surface area contributed by atoms with Crippen LogP contribution in [-0.2, 0) is 9.53 Å². The highest BCUT2D eigenvalue weighted by atomic mass is 32.1. The second-order valence-corrected chi connectivity index (χ2v) is 9.59. The van der Waals surface area contributed by atoms with Crippen molar-refractivity contribution in [1.29, 1.82) is 0 Å². The first-order valence-corrected chi connectivity index (χ1v) is 12.7. The number of carbonyl (C=O) groups is 1. The number of hydrogen-bond acceptors (Lipinski definition) is 5. The second-order valence-electron chi connectivity index (χ2n) is 9.20. The summed E-state index contributed by atoms with van der Waals surface area (Å²) < 4.78 is 7.09. The normalized spacial score (nSPS) is 16.9. The summed E-state index contributed by atoms with van der Waals surface area (Å²) in [6.45, 7) is 4.16.